The lowest BCUT2D eigenvalue weighted by Gasteiger charge is -2.03. The van der Waals surface area contributed by atoms with Gasteiger partial charge in [-0.25, -0.2) is 4.79 Å². The number of carbonyl (C=O) groups excluding carboxylic acids is 1. The molecule has 0 amide bonds. The van der Waals surface area contributed by atoms with Crippen molar-refractivity contribution in [3.8, 4) is 0 Å². The zero-order valence-corrected chi connectivity index (χ0v) is 10.3. The van der Waals surface area contributed by atoms with Crippen LogP contribution in [0.15, 0.2) is 18.2 Å². The molecule has 0 fully saturated rings. The first kappa shape index (κ1) is 12.3. The van der Waals surface area contributed by atoms with Gasteiger partial charge in [-0.3, -0.25) is 0 Å². The maximum atomic E-state index is 11.7. The molecular weight excluding hydrogens is 258 g/mol. The minimum absolute atomic E-state index is 0.0470. The fourth-order valence-electron chi connectivity index (χ4n) is 1.25. The predicted molar refractivity (Wildman–Crippen MR) is 63.8 cm³/mol. The number of nitrogen functional groups attached to an aromatic ring is 1. The maximum Gasteiger partial charge on any atom is 0.338 e. The van der Waals surface area contributed by atoms with Crippen molar-refractivity contribution in [3.05, 3.63) is 34.6 Å². The molecule has 0 atom stereocenters. The van der Waals surface area contributed by atoms with E-state index in [4.69, 9.17) is 22.1 Å². The Morgan fingerprint density at radius 3 is 2.94 bits per heavy atom. The third kappa shape index (κ3) is 2.75. The molecule has 2 N–H and O–H groups in total. The molecular formula is C10H10ClN5O2. The maximum absolute atomic E-state index is 11.7. The zero-order valence-electron chi connectivity index (χ0n) is 9.50. The van der Waals surface area contributed by atoms with E-state index in [0.717, 1.165) is 0 Å². The highest BCUT2D eigenvalue weighted by molar-refractivity contribution is 6.33. The highest BCUT2D eigenvalue weighted by Crippen LogP contribution is 2.20. The molecule has 0 aliphatic heterocycles. The van der Waals surface area contributed by atoms with Gasteiger partial charge in [-0.1, -0.05) is 11.6 Å². The Balaban J connectivity index is 2.01. The topological polar surface area (TPSA) is 95.9 Å². The van der Waals surface area contributed by atoms with E-state index in [1.165, 1.54) is 16.9 Å². The van der Waals surface area contributed by atoms with Crippen LogP contribution >= 0.6 is 11.6 Å². The first-order valence-electron chi connectivity index (χ1n) is 5.01. The van der Waals surface area contributed by atoms with E-state index >= 15 is 0 Å². The SMILES string of the molecule is Cn1nnc(COC(=O)c2ccc(N)c(Cl)c2)n1. The molecule has 2 rings (SSSR count). The summed E-state index contributed by atoms with van der Waals surface area (Å²) in [4.78, 5) is 13.0. The number of aromatic nitrogens is 4. The standard InChI is InChI=1S/C10H10ClN5O2/c1-16-14-9(13-15-16)5-18-10(17)6-2-3-8(12)7(11)4-6/h2-4H,5,12H2,1H3. The second-order valence-electron chi connectivity index (χ2n) is 3.51. The van der Waals surface area contributed by atoms with Crippen molar-refractivity contribution < 1.29 is 9.53 Å². The molecule has 0 saturated carbocycles. The van der Waals surface area contributed by atoms with E-state index in [-0.39, 0.29) is 6.61 Å². The Hall–Kier alpha value is -2.15. The fraction of sp³-hybridized carbons (Fsp3) is 0.200. The first-order chi connectivity index (χ1) is 8.56. The molecule has 8 heteroatoms. The van der Waals surface area contributed by atoms with Crippen LogP contribution in [0.3, 0.4) is 0 Å². The van der Waals surface area contributed by atoms with Gasteiger partial charge in [0.1, 0.15) is 0 Å². The summed E-state index contributed by atoms with van der Waals surface area (Å²) in [5.74, 6) is -0.197. The van der Waals surface area contributed by atoms with Gasteiger partial charge in [0.2, 0.25) is 5.82 Å². The van der Waals surface area contributed by atoms with E-state index in [2.05, 4.69) is 15.4 Å². The second kappa shape index (κ2) is 5.01. The monoisotopic (exact) mass is 267 g/mol. The average molecular weight is 268 g/mol. The predicted octanol–water partition coefficient (Wildman–Crippen LogP) is 0.803. The highest BCUT2D eigenvalue weighted by atomic mass is 35.5. The average Bonchev–Trinajstić information content (AvgIpc) is 2.75. The Kier molecular flexibility index (Phi) is 3.42. The molecule has 0 unspecified atom stereocenters. The van der Waals surface area contributed by atoms with Crippen molar-refractivity contribution in [3.63, 3.8) is 0 Å². The molecule has 2 aromatic rings. The molecule has 0 bridgehead atoms. The number of ether oxygens (including phenoxy) is 1. The number of anilines is 1. The van der Waals surface area contributed by atoms with Gasteiger partial charge < -0.3 is 10.5 Å². The van der Waals surface area contributed by atoms with Gasteiger partial charge in [0.25, 0.3) is 0 Å². The summed E-state index contributed by atoms with van der Waals surface area (Å²) in [5, 5.41) is 11.5. The molecule has 1 aromatic heterocycles. The molecule has 0 radical (unpaired) electrons. The van der Waals surface area contributed by atoms with Gasteiger partial charge in [0.15, 0.2) is 6.61 Å². The highest BCUT2D eigenvalue weighted by Gasteiger charge is 2.11. The lowest BCUT2D eigenvalue weighted by molar-refractivity contribution is 0.0462. The smallest absolute Gasteiger partial charge is 0.338 e. The number of nitrogens with two attached hydrogens (primary N) is 1. The summed E-state index contributed by atoms with van der Waals surface area (Å²) in [6.45, 7) is -0.0470. The lowest BCUT2D eigenvalue weighted by Crippen LogP contribution is -2.06. The van der Waals surface area contributed by atoms with Crippen LogP contribution in [0.1, 0.15) is 16.2 Å². The van der Waals surface area contributed by atoms with Crippen molar-refractivity contribution in [2.45, 2.75) is 6.61 Å². The summed E-state index contributed by atoms with van der Waals surface area (Å²) < 4.78 is 5.01. The summed E-state index contributed by atoms with van der Waals surface area (Å²) in [7, 11) is 1.62. The number of esters is 1. The van der Waals surface area contributed by atoms with Gasteiger partial charge in [-0.2, -0.15) is 4.80 Å². The minimum Gasteiger partial charge on any atom is -0.454 e. The first-order valence-corrected chi connectivity index (χ1v) is 5.39. The number of aryl methyl sites for hydroxylation is 1. The number of rotatable bonds is 3. The quantitative estimate of drug-likeness (QED) is 0.653. The van der Waals surface area contributed by atoms with Gasteiger partial charge in [0, 0.05) is 0 Å². The molecule has 0 spiro atoms. The Labute approximate surface area is 107 Å². The van der Waals surface area contributed by atoms with E-state index in [1.54, 1.807) is 13.1 Å². The number of tetrazole rings is 1. The number of hydrogen-bond donors (Lipinski definition) is 1. The van der Waals surface area contributed by atoms with Crippen molar-refractivity contribution in [1.82, 2.24) is 20.2 Å². The molecule has 1 aromatic carbocycles. The minimum atomic E-state index is -0.524. The lowest BCUT2D eigenvalue weighted by atomic mass is 10.2. The van der Waals surface area contributed by atoms with Crippen LogP contribution < -0.4 is 5.73 Å². The van der Waals surface area contributed by atoms with Gasteiger partial charge in [0.05, 0.1) is 23.3 Å². The van der Waals surface area contributed by atoms with Crippen molar-refractivity contribution in [1.29, 1.82) is 0 Å². The largest absolute Gasteiger partial charge is 0.454 e. The van der Waals surface area contributed by atoms with Crippen molar-refractivity contribution >= 4 is 23.3 Å². The number of carbonyl (C=O) groups is 1. The van der Waals surface area contributed by atoms with Gasteiger partial charge >= 0.3 is 5.97 Å². The second-order valence-corrected chi connectivity index (χ2v) is 3.91. The van der Waals surface area contributed by atoms with Crippen LogP contribution in [0, 0.1) is 0 Å². The van der Waals surface area contributed by atoms with E-state index in [9.17, 15) is 4.79 Å². The summed E-state index contributed by atoms with van der Waals surface area (Å²) in [6.07, 6.45) is 0. The molecule has 18 heavy (non-hydrogen) atoms. The summed E-state index contributed by atoms with van der Waals surface area (Å²) in [6, 6.07) is 4.52. The molecule has 0 aliphatic rings. The van der Waals surface area contributed by atoms with Gasteiger partial charge in [-0.05, 0) is 23.4 Å². The summed E-state index contributed by atoms with van der Waals surface area (Å²) in [5.41, 5.74) is 6.27. The number of halogens is 1. The Morgan fingerprint density at radius 1 is 1.56 bits per heavy atom. The molecule has 7 nitrogen and oxygen atoms in total. The molecule has 0 aliphatic carbocycles. The zero-order chi connectivity index (χ0) is 13.1. The van der Waals surface area contributed by atoms with E-state index < -0.39 is 5.97 Å². The van der Waals surface area contributed by atoms with Crippen LogP contribution in [-0.2, 0) is 18.4 Å². The third-order valence-corrected chi connectivity index (χ3v) is 2.45. The molecule has 0 saturated heterocycles. The van der Waals surface area contributed by atoms with Crippen LogP contribution in [0.25, 0.3) is 0 Å². The van der Waals surface area contributed by atoms with Crippen LogP contribution in [0.5, 0.6) is 0 Å². The van der Waals surface area contributed by atoms with Crippen LogP contribution in [0.4, 0.5) is 5.69 Å². The number of hydrogen-bond acceptors (Lipinski definition) is 6. The van der Waals surface area contributed by atoms with Crippen molar-refractivity contribution in [2.75, 3.05) is 5.73 Å². The van der Waals surface area contributed by atoms with E-state index in [1.807, 2.05) is 0 Å². The molecule has 1 heterocycles. The number of benzene rings is 1. The normalized spacial score (nSPS) is 10.3. The summed E-state index contributed by atoms with van der Waals surface area (Å²) >= 11 is 5.81. The van der Waals surface area contributed by atoms with Crippen molar-refractivity contribution in [2.24, 2.45) is 7.05 Å². The van der Waals surface area contributed by atoms with Crippen LogP contribution in [-0.4, -0.2) is 26.2 Å². The van der Waals surface area contributed by atoms with E-state index in [0.29, 0.717) is 22.1 Å². The molecule has 94 valence electrons. The number of nitrogens with zero attached hydrogens (tertiary/aromatic N) is 4. The Morgan fingerprint density at radius 2 is 2.33 bits per heavy atom. The Bertz CT molecular complexity index is 583. The van der Waals surface area contributed by atoms with Crippen LogP contribution in [0.2, 0.25) is 5.02 Å². The van der Waals surface area contributed by atoms with Gasteiger partial charge in [-0.15, -0.1) is 10.2 Å². The fourth-order valence-corrected chi connectivity index (χ4v) is 1.43. The third-order valence-electron chi connectivity index (χ3n) is 2.12.